The van der Waals surface area contributed by atoms with Gasteiger partial charge in [0, 0.05) is 11.2 Å². The van der Waals surface area contributed by atoms with Crippen LogP contribution in [-0.4, -0.2) is 15.8 Å². The van der Waals surface area contributed by atoms with E-state index in [1.165, 1.54) is 0 Å². The van der Waals surface area contributed by atoms with Crippen LogP contribution in [0.2, 0.25) is 10.0 Å². The lowest BCUT2D eigenvalue weighted by atomic mass is 10.2. The topological polar surface area (TPSA) is 58.4 Å². The van der Waals surface area contributed by atoms with E-state index in [0.29, 0.717) is 39.3 Å². The number of halogens is 2. The largest absolute Gasteiger partial charge is 0.467 e. The summed E-state index contributed by atoms with van der Waals surface area (Å²) in [5.74, 6) is 0.570. The van der Waals surface area contributed by atoms with Crippen molar-refractivity contribution in [3.05, 3.63) is 82.0 Å². The highest BCUT2D eigenvalue weighted by atomic mass is 35.5. The van der Waals surface area contributed by atoms with Crippen LogP contribution in [0.5, 0.6) is 0 Å². The Bertz CT molecular complexity index is 928. The summed E-state index contributed by atoms with van der Waals surface area (Å²) in [5, 5.41) is 4.35. The van der Waals surface area contributed by atoms with E-state index in [1.807, 2.05) is 6.07 Å². The molecule has 7 heteroatoms. The quantitative estimate of drug-likeness (QED) is 0.716. The number of benzene rings is 1. The van der Waals surface area contributed by atoms with E-state index < -0.39 is 6.17 Å². The molecule has 0 aliphatic carbocycles. The highest BCUT2D eigenvalue weighted by Crippen LogP contribution is 2.36. The molecule has 1 atom stereocenters. The van der Waals surface area contributed by atoms with Crippen LogP contribution in [0.15, 0.2) is 59.3 Å². The second-order valence-corrected chi connectivity index (χ2v) is 6.46. The summed E-state index contributed by atoms with van der Waals surface area (Å²) in [6.07, 6.45) is 2.78. The Morgan fingerprint density at radius 2 is 2.08 bits per heavy atom. The third-order valence-corrected chi connectivity index (χ3v) is 4.59. The third-order valence-electron chi connectivity index (χ3n) is 4.03. The van der Waals surface area contributed by atoms with E-state index in [0.717, 1.165) is 0 Å². The molecule has 126 valence electrons. The number of rotatable bonds is 4. The second-order valence-electron chi connectivity index (χ2n) is 5.62. The molecule has 1 N–H and O–H groups in total. The van der Waals surface area contributed by atoms with E-state index in [9.17, 15) is 4.79 Å². The van der Waals surface area contributed by atoms with Gasteiger partial charge in [0.1, 0.15) is 11.9 Å². The van der Waals surface area contributed by atoms with Crippen LogP contribution in [0.3, 0.4) is 0 Å². The smallest absolute Gasteiger partial charge is 0.258 e. The number of furan rings is 1. The lowest BCUT2D eigenvalue weighted by Crippen LogP contribution is -2.32. The maximum Gasteiger partial charge on any atom is 0.258 e. The van der Waals surface area contributed by atoms with Gasteiger partial charge in [-0.05, 0) is 42.5 Å². The van der Waals surface area contributed by atoms with Gasteiger partial charge in [-0.25, -0.2) is 0 Å². The van der Waals surface area contributed by atoms with Crippen molar-refractivity contribution in [1.29, 1.82) is 0 Å². The summed E-state index contributed by atoms with van der Waals surface area (Å²) in [6, 6.07) is 12.3. The zero-order chi connectivity index (χ0) is 17.4. The Kier molecular flexibility index (Phi) is 4.11. The van der Waals surface area contributed by atoms with Crippen molar-refractivity contribution in [2.75, 3.05) is 5.32 Å². The predicted molar refractivity (Wildman–Crippen MR) is 95.6 cm³/mol. The summed E-state index contributed by atoms with van der Waals surface area (Å²) < 4.78 is 5.39. The predicted octanol–water partition coefficient (Wildman–Crippen LogP) is 4.75. The summed E-state index contributed by atoms with van der Waals surface area (Å²) >= 11 is 12.3. The number of pyridine rings is 1. The van der Waals surface area contributed by atoms with Crippen LogP contribution < -0.4 is 5.32 Å². The fourth-order valence-corrected chi connectivity index (χ4v) is 3.22. The SMILES string of the molecule is O=C1c2cccnc2C(Nc2cc(Cl)ccc2Cl)N1Cc1ccco1. The van der Waals surface area contributed by atoms with Crippen molar-refractivity contribution in [3.8, 4) is 0 Å². The molecule has 25 heavy (non-hydrogen) atoms. The van der Waals surface area contributed by atoms with Gasteiger partial charge in [0.15, 0.2) is 0 Å². The minimum absolute atomic E-state index is 0.116. The molecule has 0 saturated carbocycles. The number of fused-ring (bicyclic) bond motifs is 1. The Morgan fingerprint density at radius 1 is 1.20 bits per heavy atom. The van der Waals surface area contributed by atoms with Gasteiger partial charge in [0.25, 0.3) is 5.91 Å². The molecule has 1 amide bonds. The van der Waals surface area contributed by atoms with Crippen molar-refractivity contribution in [3.63, 3.8) is 0 Å². The lowest BCUT2D eigenvalue weighted by Gasteiger charge is -2.26. The van der Waals surface area contributed by atoms with Gasteiger partial charge in [-0.2, -0.15) is 0 Å². The van der Waals surface area contributed by atoms with Gasteiger partial charge < -0.3 is 14.6 Å². The summed E-state index contributed by atoms with van der Waals surface area (Å²) in [4.78, 5) is 18.9. The molecule has 4 rings (SSSR count). The molecular formula is C18H13Cl2N3O2. The van der Waals surface area contributed by atoms with Crippen LogP contribution in [0.4, 0.5) is 5.69 Å². The monoisotopic (exact) mass is 373 g/mol. The highest BCUT2D eigenvalue weighted by molar-refractivity contribution is 6.35. The number of nitrogens with zero attached hydrogens (tertiary/aromatic N) is 2. The van der Waals surface area contributed by atoms with Gasteiger partial charge in [-0.3, -0.25) is 9.78 Å². The molecule has 3 aromatic rings. The normalized spacial score (nSPS) is 16.2. The van der Waals surface area contributed by atoms with Gasteiger partial charge in [0.2, 0.25) is 0 Å². The fraction of sp³-hybridized carbons (Fsp3) is 0.111. The van der Waals surface area contributed by atoms with E-state index in [1.54, 1.807) is 53.8 Å². The van der Waals surface area contributed by atoms with E-state index >= 15 is 0 Å². The Morgan fingerprint density at radius 3 is 2.88 bits per heavy atom. The highest BCUT2D eigenvalue weighted by Gasteiger charge is 2.38. The number of aromatic nitrogens is 1. The van der Waals surface area contributed by atoms with Crippen molar-refractivity contribution in [2.45, 2.75) is 12.7 Å². The molecule has 0 radical (unpaired) electrons. The maximum absolute atomic E-state index is 12.8. The molecule has 0 bridgehead atoms. The molecule has 5 nitrogen and oxygen atoms in total. The molecular weight excluding hydrogens is 361 g/mol. The molecule has 0 fully saturated rings. The zero-order valence-electron chi connectivity index (χ0n) is 12.9. The van der Waals surface area contributed by atoms with Crippen LogP contribution in [0.1, 0.15) is 28.0 Å². The Balaban J connectivity index is 1.72. The average Bonchev–Trinajstić information content (AvgIpc) is 3.21. The third kappa shape index (κ3) is 2.97. The molecule has 1 unspecified atom stereocenters. The zero-order valence-corrected chi connectivity index (χ0v) is 14.5. The van der Waals surface area contributed by atoms with Crippen molar-refractivity contribution in [1.82, 2.24) is 9.88 Å². The minimum atomic E-state index is -0.468. The Hall–Kier alpha value is -2.50. The molecule has 3 heterocycles. The molecule has 2 aromatic heterocycles. The molecule has 1 aliphatic heterocycles. The first kappa shape index (κ1) is 16.0. The summed E-state index contributed by atoms with van der Waals surface area (Å²) in [5.41, 5.74) is 1.84. The number of anilines is 1. The average molecular weight is 374 g/mol. The van der Waals surface area contributed by atoms with Crippen LogP contribution in [0, 0.1) is 0 Å². The van der Waals surface area contributed by atoms with Gasteiger partial charge >= 0.3 is 0 Å². The van der Waals surface area contributed by atoms with E-state index in [4.69, 9.17) is 27.6 Å². The standard InChI is InChI=1S/C18H13Cl2N3O2/c19-11-5-6-14(20)15(9-11)22-17-16-13(4-1-7-21-16)18(24)23(17)10-12-3-2-8-25-12/h1-9,17,22H,10H2. The molecule has 1 aromatic carbocycles. The molecule has 0 spiro atoms. The number of amides is 1. The van der Waals surface area contributed by atoms with Gasteiger partial charge in [0.05, 0.1) is 34.8 Å². The summed E-state index contributed by atoms with van der Waals surface area (Å²) in [6.45, 7) is 0.318. The van der Waals surface area contributed by atoms with Crippen molar-refractivity contribution in [2.24, 2.45) is 0 Å². The lowest BCUT2D eigenvalue weighted by molar-refractivity contribution is 0.0714. The van der Waals surface area contributed by atoms with E-state index in [2.05, 4.69) is 10.3 Å². The van der Waals surface area contributed by atoms with Crippen LogP contribution in [-0.2, 0) is 6.54 Å². The number of carbonyl (C=O) groups is 1. The van der Waals surface area contributed by atoms with Crippen molar-refractivity contribution < 1.29 is 9.21 Å². The van der Waals surface area contributed by atoms with Gasteiger partial charge in [-0.1, -0.05) is 23.2 Å². The number of hydrogen-bond acceptors (Lipinski definition) is 4. The number of carbonyl (C=O) groups excluding carboxylic acids is 1. The number of hydrogen-bond donors (Lipinski definition) is 1. The maximum atomic E-state index is 12.8. The summed E-state index contributed by atoms with van der Waals surface area (Å²) in [7, 11) is 0. The fourth-order valence-electron chi connectivity index (χ4n) is 2.87. The van der Waals surface area contributed by atoms with Crippen molar-refractivity contribution >= 4 is 34.8 Å². The van der Waals surface area contributed by atoms with Crippen LogP contribution >= 0.6 is 23.2 Å². The van der Waals surface area contributed by atoms with Gasteiger partial charge in [-0.15, -0.1) is 0 Å². The minimum Gasteiger partial charge on any atom is -0.467 e. The number of nitrogens with one attached hydrogen (secondary N) is 1. The first-order valence-corrected chi connectivity index (χ1v) is 8.39. The molecule has 1 aliphatic rings. The second kappa shape index (κ2) is 6.43. The molecule has 0 saturated heterocycles. The first-order valence-electron chi connectivity index (χ1n) is 7.63. The van der Waals surface area contributed by atoms with Crippen LogP contribution in [0.25, 0.3) is 0 Å². The Labute approximate surface area is 154 Å². The van der Waals surface area contributed by atoms with E-state index in [-0.39, 0.29) is 5.91 Å². The first-order chi connectivity index (χ1) is 12.1.